The third-order valence-electron chi connectivity index (χ3n) is 3.34. The molecule has 7 heteroatoms. The van der Waals surface area contributed by atoms with Gasteiger partial charge in [0, 0.05) is 17.3 Å². The van der Waals surface area contributed by atoms with Crippen molar-refractivity contribution in [2.24, 2.45) is 0 Å². The molecule has 0 saturated carbocycles. The van der Waals surface area contributed by atoms with E-state index in [-0.39, 0.29) is 23.7 Å². The molecule has 22 heavy (non-hydrogen) atoms. The van der Waals surface area contributed by atoms with Crippen LogP contribution in [0.5, 0.6) is 0 Å². The molecule has 110 valence electrons. The van der Waals surface area contributed by atoms with Crippen LogP contribution in [0.25, 0.3) is 0 Å². The minimum atomic E-state index is -0.555. The summed E-state index contributed by atoms with van der Waals surface area (Å²) < 4.78 is 0. The summed E-state index contributed by atoms with van der Waals surface area (Å²) in [5.74, 6) is -0.581. The van der Waals surface area contributed by atoms with Gasteiger partial charge in [-0.15, -0.1) is 0 Å². The molecule has 0 bridgehead atoms. The molecule has 7 nitrogen and oxygen atoms in total. The van der Waals surface area contributed by atoms with Crippen molar-refractivity contribution in [3.05, 3.63) is 63.7 Å². The van der Waals surface area contributed by atoms with Crippen molar-refractivity contribution in [2.45, 2.75) is 6.42 Å². The molecule has 2 amide bonds. The summed E-state index contributed by atoms with van der Waals surface area (Å²) in [6.45, 7) is 0. The molecule has 0 aromatic heterocycles. The lowest BCUT2D eigenvalue weighted by Gasteiger charge is -2.07. The summed E-state index contributed by atoms with van der Waals surface area (Å²) in [6.07, 6.45) is 0.224. The number of fused-ring (bicyclic) bond motifs is 1. The molecule has 0 fully saturated rings. The van der Waals surface area contributed by atoms with Crippen molar-refractivity contribution < 1.29 is 14.5 Å². The van der Waals surface area contributed by atoms with Crippen molar-refractivity contribution in [2.75, 3.05) is 10.6 Å². The summed E-state index contributed by atoms with van der Waals surface area (Å²) in [5.41, 5.74) is 1.72. The number of para-hydroxylation sites is 2. The molecule has 0 saturated heterocycles. The number of carbonyl (C=O) groups excluding carboxylic acids is 2. The Kier molecular flexibility index (Phi) is 3.30. The SMILES string of the molecule is O=C1Cc2cc(C(=O)Nc3ccccc3[N+](=O)[O-])ccc2N1. The Morgan fingerprint density at radius 1 is 1.23 bits per heavy atom. The van der Waals surface area contributed by atoms with Gasteiger partial charge in [0.25, 0.3) is 11.6 Å². The number of benzene rings is 2. The monoisotopic (exact) mass is 297 g/mol. The summed E-state index contributed by atoms with van der Waals surface area (Å²) >= 11 is 0. The molecule has 2 aromatic carbocycles. The first-order valence-electron chi connectivity index (χ1n) is 6.52. The third-order valence-corrected chi connectivity index (χ3v) is 3.34. The van der Waals surface area contributed by atoms with Gasteiger partial charge < -0.3 is 10.6 Å². The van der Waals surface area contributed by atoms with E-state index < -0.39 is 10.8 Å². The van der Waals surface area contributed by atoms with Gasteiger partial charge in [-0.3, -0.25) is 19.7 Å². The van der Waals surface area contributed by atoms with Crippen LogP contribution in [0.15, 0.2) is 42.5 Å². The maximum Gasteiger partial charge on any atom is 0.292 e. The van der Waals surface area contributed by atoms with E-state index in [0.717, 1.165) is 5.56 Å². The number of hydrogen-bond donors (Lipinski definition) is 2. The topological polar surface area (TPSA) is 101 Å². The molecule has 1 heterocycles. The number of rotatable bonds is 3. The fourth-order valence-corrected chi connectivity index (χ4v) is 2.30. The molecule has 0 aliphatic carbocycles. The molecule has 1 aliphatic heterocycles. The molecule has 1 aliphatic rings. The highest BCUT2D eigenvalue weighted by Crippen LogP contribution is 2.26. The lowest BCUT2D eigenvalue weighted by Crippen LogP contribution is -2.13. The maximum absolute atomic E-state index is 12.2. The molecule has 2 N–H and O–H groups in total. The first-order valence-corrected chi connectivity index (χ1v) is 6.52. The number of nitrogens with one attached hydrogen (secondary N) is 2. The highest BCUT2D eigenvalue weighted by atomic mass is 16.6. The standard InChI is InChI=1S/C15H11N3O4/c19-14-8-10-7-9(5-6-11(10)16-14)15(20)17-12-3-1-2-4-13(12)18(21)22/h1-7H,8H2,(H,16,19)(H,17,20). The second kappa shape index (κ2) is 5.28. The van der Waals surface area contributed by atoms with Crippen LogP contribution in [0.1, 0.15) is 15.9 Å². The van der Waals surface area contributed by atoms with Crippen molar-refractivity contribution in [3.63, 3.8) is 0 Å². The van der Waals surface area contributed by atoms with Crippen LogP contribution in [-0.2, 0) is 11.2 Å². The Morgan fingerprint density at radius 3 is 2.77 bits per heavy atom. The number of nitro benzene ring substituents is 1. The predicted molar refractivity (Wildman–Crippen MR) is 79.8 cm³/mol. The van der Waals surface area contributed by atoms with Crippen LogP contribution in [-0.4, -0.2) is 16.7 Å². The molecule has 0 radical (unpaired) electrons. The molecule has 0 unspecified atom stereocenters. The van der Waals surface area contributed by atoms with Crippen molar-refractivity contribution in [1.29, 1.82) is 0 Å². The average Bonchev–Trinajstić information content (AvgIpc) is 2.86. The Hall–Kier alpha value is -3.22. The summed E-state index contributed by atoms with van der Waals surface area (Å²) in [6, 6.07) is 10.7. The minimum Gasteiger partial charge on any atom is -0.326 e. The minimum absolute atomic E-state index is 0.119. The van der Waals surface area contributed by atoms with E-state index in [1.807, 2.05) is 0 Å². The molecule has 0 atom stereocenters. The van der Waals surface area contributed by atoms with E-state index in [9.17, 15) is 19.7 Å². The van der Waals surface area contributed by atoms with E-state index in [1.54, 1.807) is 24.3 Å². The quantitative estimate of drug-likeness (QED) is 0.670. The van der Waals surface area contributed by atoms with Crippen molar-refractivity contribution in [3.8, 4) is 0 Å². The Balaban J connectivity index is 1.86. The van der Waals surface area contributed by atoms with Gasteiger partial charge >= 0.3 is 0 Å². The fourth-order valence-electron chi connectivity index (χ4n) is 2.30. The fraction of sp³-hybridized carbons (Fsp3) is 0.0667. The van der Waals surface area contributed by atoms with Crippen LogP contribution in [0.3, 0.4) is 0 Å². The van der Waals surface area contributed by atoms with Crippen LogP contribution in [0.4, 0.5) is 17.1 Å². The van der Waals surface area contributed by atoms with E-state index in [4.69, 9.17) is 0 Å². The lowest BCUT2D eigenvalue weighted by molar-refractivity contribution is -0.383. The second-order valence-corrected chi connectivity index (χ2v) is 4.83. The van der Waals surface area contributed by atoms with Gasteiger partial charge in [0.1, 0.15) is 5.69 Å². The largest absolute Gasteiger partial charge is 0.326 e. The van der Waals surface area contributed by atoms with Gasteiger partial charge in [-0.05, 0) is 29.8 Å². The number of anilines is 2. The molecular formula is C15H11N3O4. The number of hydrogen-bond acceptors (Lipinski definition) is 4. The van der Waals surface area contributed by atoms with E-state index in [2.05, 4.69) is 10.6 Å². The number of amides is 2. The van der Waals surface area contributed by atoms with Crippen LogP contribution in [0.2, 0.25) is 0 Å². The van der Waals surface area contributed by atoms with Crippen LogP contribution >= 0.6 is 0 Å². The maximum atomic E-state index is 12.2. The Morgan fingerprint density at radius 2 is 2.00 bits per heavy atom. The van der Waals surface area contributed by atoms with Gasteiger partial charge in [0.05, 0.1) is 11.3 Å². The number of nitrogens with zero attached hydrogens (tertiary/aromatic N) is 1. The van der Waals surface area contributed by atoms with Gasteiger partial charge in [-0.25, -0.2) is 0 Å². The highest BCUT2D eigenvalue weighted by Gasteiger charge is 2.20. The predicted octanol–water partition coefficient (Wildman–Crippen LogP) is 2.34. The summed E-state index contributed by atoms with van der Waals surface area (Å²) in [7, 11) is 0. The second-order valence-electron chi connectivity index (χ2n) is 4.83. The van der Waals surface area contributed by atoms with Crippen molar-refractivity contribution in [1.82, 2.24) is 0 Å². The van der Waals surface area contributed by atoms with E-state index >= 15 is 0 Å². The smallest absolute Gasteiger partial charge is 0.292 e. The third kappa shape index (κ3) is 2.51. The Bertz CT molecular complexity index is 801. The summed E-state index contributed by atoms with van der Waals surface area (Å²) in [5, 5.41) is 16.1. The average molecular weight is 297 g/mol. The zero-order chi connectivity index (χ0) is 15.7. The summed E-state index contributed by atoms with van der Waals surface area (Å²) in [4.78, 5) is 33.9. The van der Waals surface area contributed by atoms with Crippen LogP contribution < -0.4 is 10.6 Å². The first kappa shape index (κ1) is 13.7. The van der Waals surface area contributed by atoms with Gasteiger partial charge in [-0.1, -0.05) is 12.1 Å². The number of carbonyl (C=O) groups is 2. The molecule has 2 aromatic rings. The van der Waals surface area contributed by atoms with E-state index in [0.29, 0.717) is 11.3 Å². The zero-order valence-corrected chi connectivity index (χ0v) is 11.3. The van der Waals surface area contributed by atoms with Gasteiger partial charge in [0.2, 0.25) is 5.91 Å². The van der Waals surface area contributed by atoms with Crippen LogP contribution in [0, 0.1) is 10.1 Å². The normalized spacial score (nSPS) is 12.5. The van der Waals surface area contributed by atoms with Gasteiger partial charge in [0.15, 0.2) is 0 Å². The first-order chi connectivity index (χ1) is 10.5. The lowest BCUT2D eigenvalue weighted by atomic mass is 10.1. The highest BCUT2D eigenvalue weighted by molar-refractivity contribution is 6.07. The molecule has 3 rings (SSSR count). The zero-order valence-electron chi connectivity index (χ0n) is 11.3. The van der Waals surface area contributed by atoms with Gasteiger partial charge in [-0.2, -0.15) is 0 Å². The molecule has 0 spiro atoms. The van der Waals surface area contributed by atoms with Crippen molar-refractivity contribution >= 4 is 28.9 Å². The number of nitro groups is 1. The Labute approximate surface area is 125 Å². The van der Waals surface area contributed by atoms with E-state index in [1.165, 1.54) is 18.2 Å². The molecular weight excluding hydrogens is 286 g/mol.